The number of benzene rings is 1. The average molecular weight is 240 g/mol. The number of carbonyl (C=O) groups excluding carboxylic acids is 1. The van der Waals surface area contributed by atoms with Crippen LogP contribution in [0.25, 0.3) is 0 Å². The molecule has 1 aliphatic rings. The molecule has 2 rings (SSSR count). The molecule has 1 saturated heterocycles. The lowest BCUT2D eigenvalue weighted by Crippen LogP contribution is -2.73. The van der Waals surface area contributed by atoms with Crippen LogP contribution < -0.4 is 10.2 Å². The molecule has 0 aliphatic carbocycles. The maximum atomic E-state index is 11.4. The molecule has 1 fully saturated rings. The van der Waals surface area contributed by atoms with Crippen molar-refractivity contribution in [2.75, 3.05) is 13.2 Å². The maximum Gasteiger partial charge on any atom is 0.514 e. The van der Waals surface area contributed by atoms with Gasteiger partial charge < -0.3 is 14.2 Å². The first-order chi connectivity index (χ1) is 8.28. The molecule has 1 aromatic carbocycles. The number of rotatable bonds is 3. The van der Waals surface area contributed by atoms with Gasteiger partial charge in [-0.15, -0.1) is 0 Å². The highest BCUT2D eigenvalue weighted by Crippen LogP contribution is 2.15. The van der Waals surface area contributed by atoms with Crippen molar-refractivity contribution >= 4 is 11.8 Å². The van der Waals surface area contributed by atoms with Crippen molar-refractivity contribution in [3.05, 3.63) is 24.3 Å². The molecule has 0 bridgehead atoms. The highest BCUT2D eigenvalue weighted by atomic mass is 16.7. The predicted octanol–water partition coefficient (Wildman–Crippen LogP) is 0.575. The summed E-state index contributed by atoms with van der Waals surface area (Å²) in [5.74, 6) is 0.375. The van der Waals surface area contributed by atoms with Crippen LogP contribution in [0.5, 0.6) is 5.75 Å². The number of hydrogen-bond donors (Lipinski definition) is 2. The first-order valence-corrected chi connectivity index (χ1v) is 5.31. The van der Waals surface area contributed by atoms with Gasteiger partial charge >= 0.3 is 6.16 Å². The van der Waals surface area contributed by atoms with Gasteiger partial charge in [0.05, 0.1) is 13.2 Å². The molecule has 0 aromatic heterocycles. The summed E-state index contributed by atoms with van der Waals surface area (Å²) in [6.45, 7) is 1.03. The number of carbonyl (C=O) groups is 1. The smallest absolute Gasteiger partial charge is 0.428 e. The van der Waals surface area contributed by atoms with Crippen molar-refractivity contribution in [3.8, 4) is 5.75 Å². The third-order valence-electron chi connectivity index (χ3n) is 2.38. The van der Waals surface area contributed by atoms with Crippen LogP contribution in [0.15, 0.2) is 24.3 Å². The van der Waals surface area contributed by atoms with Crippen LogP contribution in [0.1, 0.15) is 6.42 Å². The van der Waals surface area contributed by atoms with E-state index in [4.69, 9.17) is 19.4 Å². The van der Waals surface area contributed by atoms with Gasteiger partial charge in [-0.1, -0.05) is 0 Å². The summed E-state index contributed by atoms with van der Waals surface area (Å²) in [5.41, 5.74) is 1.60. The van der Waals surface area contributed by atoms with Crippen molar-refractivity contribution in [3.63, 3.8) is 0 Å². The first-order valence-electron chi connectivity index (χ1n) is 5.31. The SMILES string of the molecule is O=C(Oc1ccc([NH2+]O)cc1)OC1CCOC1. The van der Waals surface area contributed by atoms with E-state index in [0.29, 0.717) is 31.1 Å². The van der Waals surface area contributed by atoms with E-state index in [1.807, 2.05) is 0 Å². The highest BCUT2D eigenvalue weighted by Gasteiger charge is 2.21. The zero-order valence-electron chi connectivity index (χ0n) is 9.17. The first kappa shape index (κ1) is 11.8. The third-order valence-corrected chi connectivity index (χ3v) is 2.38. The molecule has 0 saturated carbocycles. The molecule has 1 unspecified atom stereocenters. The predicted molar refractivity (Wildman–Crippen MR) is 56.1 cm³/mol. The molecule has 1 aromatic rings. The summed E-state index contributed by atoms with van der Waals surface area (Å²) in [6.07, 6.45) is -0.248. The molecule has 17 heavy (non-hydrogen) atoms. The minimum Gasteiger partial charge on any atom is -0.428 e. The van der Waals surface area contributed by atoms with Gasteiger partial charge in [-0.25, -0.2) is 10.0 Å². The van der Waals surface area contributed by atoms with Crippen LogP contribution in [-0.4, -0.2) is 30.7 Å². The van der Waals surface area contributed by atoms with Crippen LogP contribution >= 0.6 is 0 Å². The summed E-state index contributed by atoms with van der Waals surface area (Å²) in [6, 6.07) is 6.41. The fourth-order valence-corrected chi connectivity index (χ4v) is 1.48. The van der Waals surface area contributed by atoms with Gasteiger partial charge in [0.1, 0.15) is 11.9 Å². The van der Waals surface area contributed by atoms with Gasteiger partial charge in [0.25, 0.3) is 0 Å². The minimum atomic E-state index is -0.735. The number of hydrogen-bond acceptors (Lipinski definition) is 5. The van der Waals surface area contributed by atoms with Gasteiger partial charge in [0, 0.05) is 18.6 Å². The Balaban J connectivity index is 1.84. The van der Waals surface area contributed by atoms with Crippen LogP contribution in [0.4, 0.5) is 10.5 Å². The molecule has 3 N–H and O–H groups in total. The maximum absolute atomic E-state index is 11.4. The molecule has 1 heterocycles. The molecule has 0 spiro atoms. The van der Waals surface area contributed by atoms with E-state index in [0.717, 1.165) is 5.48 Å². The Labute approximate surface area is 98.1 Å². The fraction of sp³-hybridized carbons (Fsp3) is 0.364. The van der Waals surface area contributed by atoms with Gasteiger partial charge in [0.2, 0.25) is 0 Å². The second kappa shape index (κ2) is 5.62. The quantitative estimate of drug-likeness (QED) is 0.349. The number of nitrogens with two attached hydrogens (primary N) is 1. The Morgan fingerprint density at radius 3 is 2.76 bits per heavy atom. The second-order valence-electron chi connectivity index (χ2n) is 3.65. The van der Waals surface area contributed by atoms with Crippen LogP contribution in [-0.2, 0) is 9.47 Å². The Hall–Kier alpha value is -1.63. The summed E-state index contributed by atoms with van der Waals surface area (Å²) in [7, 11) is 0. The van der Waals surface area contributed by atoms with Gasteiger partial charge in [-0.2, -0.15) is 5.48 Å². The molecule has 0 amide bonds. The average Bonchev–Trinajstić information content (AvgIpc) is 2.82. The largest absolute Gasteiger partial charge is 0.514 e. The topological polar surface area (TPSA) is 81.6 Å². The monoisotopic (exact) mass is 240 g/mol. The van der Waals surface area contributed by atoms with E-state index in [1.54, 1.807) is 24.3 Å². The molecule has 6 nitrogen and oxygen atoms in total. The van der Waals surface area contributed by atoms with Crippen molar-refractivity contribution in [1.82, 2.24) is 0 Å². The van der Waals surface area contributed by atoms with Crippen LogP contribution in [0.3, 0.4) is 0 Å². The Kier molecular flexibility index (Phi) is 3.92. The van der Waals surface area contributed by atoms with E-state index < -0.39 is 6.16 Å². The van der Waals surface area contributed by atoms with Gasteiger partial charge in [0.15, 0.2) is 5.69 Å². The zero-order chi connectivity index (χ0) is 12.1. The minimum absolute atomic E-state index is 0.215. The number of quaternary nitrogens is 1. The Bertz CT molecular complexity index is 372. The van der Waals surface area contributed by atoms with Crippen molar-refractivity contribution in [1.29, 1.82) is 0 Å². The van der Waals surface area contributed by atoms with E-state index in [2.05, 4.69) is 0 Å². The molecule has 6 heteroatoms. The van der Waals surface area contributed by atoms with E-state index in [-0.39, 0.29) is 6.10 Å². The normalized spacial score (nSPS) is 19.0. The van der Waals surface area contributed by atoms with Crippen LogP contribution in [0, 0.1) is 0 Å². The lowest BCUT2D eigenvalue weighted by molar-refractivity contribution is -0.825. The molecular weight excluding hydrogens is 226 g/mol. The lowest BCUT2D eigenvalue weighted by atomic mass is 10.3. The van der Waals surface area contributed by atoms with Crippen molar-refractivity contribution < 1.29 is 29.7 Å². The molecule has 0 radical (unpaired) electrons. The standard InChI is InChI=1S/C11H13NO5/c13-11(17-10-5-6-15-7-10)16-9-3-1-8(12-14)2-4-9/h1-4,10,12,14H,5-7H2/p+1. The van der Waals surface area contributed by atoms with Crippen molar-refractivity contribution in [2.24, 2.45) is 0 Å². The third kappa shape index (κ3) is 3.42. The lowest BCUT2D eigenvalue weighted by Gasteiger charge is -2.09. The zero-order valence-corrected chi connectivity index (χ0v) is 9.17. The van der Waals surface area contributed by atoms with E-state index >= 15 is 0 Å². The van der Waals surface area contributed by atoms with Gasteiger partial charge in [-0.05, 0) is 12.1 Å². The van der Waals surface area contributed by atoms with Crippen molar-refractivity contribution in [2.45, 2.75) is 12.5 Å². The molecular formula is C11H14NO5+. The molecule has 1 atom stereocenters. The van der Waals surface area contributed by atoms with E-state index in [1.165, 1.54) is 0 Å². The summed E-state index contributed by atoms with van der Waals surface area (Å²) in [4.78, 5) is 11.4. The Morgan fingerprint density at radius 2 is 2.18 bits per heavy atom. The summed E-state index contributed by atoms with van der Waals surface area (Å²) in [5, 5.41) is 8.73. The second-order valence-corrected chi connectivity index (χ2v) is 3.65. The number of ether oxygens (including phenoxy) is 3. The summed E-state index contributed by atoms with van der Waals surface area (Å²) >= 11 is 0. The van der Waals surface area contributed by atoms with E-state index in [9.17, 15) is 4.79 Å². The molecule has 92 valence electrons. The fourth-order valence-electron chi connectivity index (χ4n) is 1.48. The van der Waals surface area contributed by atoms with Gasteiger partial charge in [-0.3, -0.25) is 0 Å². The van der Waals surface area contributed by atoms with Crippen LogP contribution in [0.2, 0.25) is 0 Å². The Morgan fingerprint density at radius 1 is 1.41 bits per heavy atom. The highest BCUT2D eigenvalue weighted by molar-refractivity contribution is 5.64. The molecule has 1 aliphatic heterocycles. The summed E-state index contributed by atoms with van der Waals surface area (Å²) < 4.78 is 15.1.